The summed E-state index contributed by atoms with van der Waals surface area (Å²) < 4.78 is 0. The lowest BCUT2D eigenvalue weighted by atomic mass is 10.0. The zero-order valence-electron chi connectivity index (χ0n) is 12.4. The summed E-state index contributed by atoms with van der Waals surface area (Å²) in [5.41, 5.74) is 1.82. The van der Waals surface area contributed by atoms with E-state index in [1.807, 2.05) is 38.1 Å². The van der Waals surface area contributed by atoms with Gasteiger partial charge in [0.05, 0.1) is 11.0 Å². The number of hydrogen-bond acceptors (Lipinski definition) is 5. The van der Waals surface area contributed by atoms with Crippen molar-refractivity contribution in [3.8, 4) is 6.07 Å². The maximum Gasteiger partial charge on any atom is 0.305 e. The third kappa shape index (κ3) is 3.38. The van der Waals surface area contributed by atoms with Crippen molar-refractivity contribution in [2.75, 3.05) is 5.32 Å². The highest BCUT2D eigenvalue weighted by Gasteiger charge is 2.17. The molecule has 1 aromatic heterocycles. The molecular weight excluding hydrogens is 280 g/mol. The Morgan fingerprint density at radius 1 is 1.32 bits per heavy atom. The number of nitro groups is 1. The Bertz CT molecular complexity index is 720. The van der Waals surface area contributed by atoms with Crippen LogP contribution in [0.1, 0.15) is 36.2 Å². The molecule has 1 heterocycles. The van der Waals surface area contributed by atoms with E-state index in [-0.39, 0.29) is 17.4 Å². The summed E-state index contributed by atoms with van der Waals surface area (Å²) in [5, 5.41) is 23.0. The molecule has 0 saturated heterocycles. The Labute approximate surface area is 128 Å². The number of anilines is 1. The van der Waals surface area contributed by atoms with Crippen LogP contribution in [-0.2, 0) is 0 Å². The van der Waals surface area contributed by atoms with Crippen LogP contribution in [0.2, 0.25) is 0 Å². The molecule has 0 aliphatic carbocycles. The molecule has 1 N–H and O–H groups in total. The molecular formula is C16H16N4O2. The number of nitriles is 1. The first-order valence-corrected chi connectivity index (χ1v) is 6.93. The van der Waals surface area contributed by atoms with Gasteiger partial charge in [0.15, 0.2) is 0 Å². The monoisotopic (exact) mass is 296 g/mol. The molecule has 0 bridgehead atoms. The SMILES string of the molecule is CCC(Nc1ccc([N+](=O)[O-])c(C#N)n1)c1ccc(C)cc1. The molecule has 0 aliphatic rings. The van der Waals surface area contributed by atoms with Gasteiger partial charge in [-0.3, -0.25) is 10.1 Å². The number of pyridine rings is 1. The Morgan fingerprint density at radius 3 is 2.55 bits per heavy atom. The van der Waals surface area contributed by atoms with Gasteiger partial charge in [-0.25, -0.2) is 4.98 Å². The Hall–Kier alpha value is -2.94. The summed E-state index contributed by atoms with van der Waals surface area (Å²) in [6.45, 7) is 4.06. The van der Waals surface area contributed by atoms with E-state index in [2.05, 4.69) is 10.3 Å². The van der Waals surface area contributed by atoms with Crippen LogP contribution in [0.5, 0.6) is 0 Å². The van der Waals surface area contributed by atoms with Crippen LogP contribution < -0.4 is 5.32 Å². The molecule has 0 radical (unpaired) electrons. The minimum absolute atomic E-state index is 0.0288. The van der Waals surface area contributed by atoms with Crippen LogP contribution in [0.15, 0.2) is 36.4 Å². The highest BCUT2D eigenvalue weighted by molar-refractivity contribution is 5.51. The molecule has 6 heteroatoms. The summed E-state index contributed by atoms with van der Waals surface area (Å²) in [6, 6.07) is 12.7. The molecule has 2 rings (SSSR count). The smallest absolute Gasteiger partial charge is 0.305 e. The van der Waals surface area contributed by atoms with Crippen LogP contribution in [0, 0.1) is 28.4 Å². The molecule has 0 fully saturated rings. The topological polar surface area (TPSA) is 91.9 Å². The summed E-state index contributed by atoms with van der Waals surface area (Å²) in [6.07, 6.45) is 0.823. The lowest BCUT2D eigenvalue weighted by molar-refractivity contribution is -0.385. The first-order valence-electron chi connectivity index (χ1n) is 6.93. The van der Waals surface area contributed by atoms with Crippen molar-refractivity contribution < 1.29 is 4.92 Å². The van der Waals surface area contributed by atoms with Crippen LogP contribution >= 0.6 is 0 Å². The van der Waals surface area contributed by atoms with Crippen molar-refractivity contribution in [3.63, 3.8) is 0 Å². The van der Waals surface area contributed by atoms with Gasteiger partial charge in [0.2, 0.25) is 5.69 Å². The predicted octanol–water partition coefficient (Wildman–Crippen LogP) is 3.73. The second kappa shape index (κ2) is 6.68. The number of rotatable bonds is 5. The number of aromatic nitrogens is 1. The summed E-state index contributed by atoms with van der Waals surface area (Å²) >= 11 is 0. The van der Waals surface area contributed by atoms with Crippen molar-refractivity contribution in [2.24, 2.45) is 0 Å². The van der Waals surface area contributed by atoms with Crippen molar-refractivity contribution >= 4 is 11.5 Å². The quantitative estimate of drug-likeness (QED) is 0.670. The molecule has 0 amide bonds. The maximum absolute atomic E-state index is 10.8. The van der Waals surface area contributed by atoms with E-state index in [1.165, 1.54) is 17.7 Å². The van der Waals surface area contributed by atoms with Crippen LogP contribution in [0.4, 0.5) is 11.5 Å². The lowest BCUT2D eigenvalue weighted by Gasteiger charge is -2.18. The molecule has 0 aliphatic heterocycles. The standard InChI is InChI=1S/C16H16N4O2/c1-3-13(12-6-4-11(2)5-7-12)18-16-9-8-15(20(21)22)14(10-17)19-16/h4-9,13H,3H2,1-2H3,(H,18,19). The van der Waals surface area contributed by atoms with E-state index in [0.717, 1.165) is 12.0 Å². The predicted molar refractivity (Wildman–Crippen MR) is 83.4 cm³/mol. The molecule has 1 unspecified atom stereocenters. The summed E-state index contributed by atoms with van der Waals surface area (Å²) in [7, 11) is 0. The number of hydrogen-bond donors (Lipinski definition) is 1. The number of benzene rings is 1. The Balaban J connectivity index is 2.27. The van der Waals surface area contributed by atoms with E-state index in [9.17, 15) is 10.1 Å². The molecule has 112 valence electrons. The van der Waals surface area contributed by atoms with Crippen molar-refractivity contribution in [2.45, 2.75) is 26.3 Å². The van der Waals surface area contributed by atoms with E-state index >= 15 is 0 Å². The van der Waals surface area contributed by atoms with Gasteiger partial charge in [-0.1, -0.05) is 36.8 Å². The van der Waals surface area contributed by atoms with Crippen LogP contribution in [0.3, 0.4) is 0 Å². The molecule has 1 atom stereocenters. The van der Waals surface area contributed by atoms with E-state index in [1.54, 1.807) is 6.07 Å². The zero-order chi connectivity index (χ0) is 16.1. The first kappa shape index (κ1) is 15.4. The van der Waals surface area contributed by atoms with Gasteiger partial charge in [-0.05, 0) is 25.0 Å². The van der Waals surface area contributed by atoms with Gasteiger partial charge in [0, 0.05) is 6.07 Å². The van der Waals surface area contributed by atoms with Gasteiger partial charge >= 0.3 is 5.69 Å². The molecule has 2 aromatic rings. The zero-order valence-corrected chi connectivity index (χ0v) is 12.4. The fourth-order valence-electron chi connectivity index (χ4n) is 2.16. The third-order valence-electron chi connectivity index (χ3n) is 3.39. The molecule has 0 saturated carbocycles. The fourth-order valence-corrected chi connectivity index (χ4v) is 2.16. The number of aryl methyl sites for hydroxylation is 1. The number of nitrogens with zero attached hydrogens (tertiary/aromatic N) is 3. The van der Waals surface area contributed by atoms with Crippen molar-refractivity contribution in [3.05, 3.63) is 63.3 Å². The minimum atomic E-state index is -0.605. The Kier molecular flexibility index (Phi) is 4.69. The van der Waals surface area contributed by atoms with Gasteiger partial charge < -0.3 is 5.32 Å². The van der Waals surface area contributed by atoms with E-state index in [0.29, 0.717) is 5.82 Å². The maximum atomic E-state index is 10.8. The minimum Gasteiger partial charge on any atom is -0.363 e. The van der Waals surface area contributed by atoms with Gasteiger partial charge in [-0.15, -0.1) is 0 Å². The highest BCUT2D eigenvalue weighted by atomic mass is 16.6. The molecule has 6 nitrogen and oxygen atoms in total. The molecule has 1 aromatic carbocycles. The van der Waals surface area contributed by atoms with Gasteiger partial charge in [0.25, 0.3) is 0 Å². The Morgan fingerprint density at radius 2 is 2.00 bits per heavy atom. The van der Waals surface area contributed by atoms with Crippen LogP contribution in [0.25, 0.3) is 0 Å². The number of nitrogens with one attached hydrogen (secondary N) is 1. The van der Waals surface area contributed by atoms with Gasteiger partial charge in [-0.2, -0.15) is 5.26 Å². The third-order valence-corrected chi connectivity index (χ3v) is 3.39. The molecule has 22 heavy (non-hydrogen) atoms. The lowest BCUT2D eigenvalue weighted by Crippen LogP contribution is -2.11. The van der Waals surface area contributed by atoms with Crippen LogP contribution in [-0.4, -0.2) is 9.91 Å². The van der Waals surface area contributed by atoms with Gasteiger partial charge in [0.1, 0.15) is 11.9 Å². The fraction of sp³-hybridized carbons (Fsp3) is 0.250. The molecule has 0 spiro atoms. The normalized spacial score (nSPS) is 11.5. The largest absolute Gasteiger partial charge is 0.363 e. The average Bonchev–Trinajstić information content (AvgIpc) is 2.53. The second-order valence-corrected chi connectivity index (χ2v) is 4.95. The van der Waals surface area contributed by atoms with Crippen molar-refractivity contribution in [1.82, 2.24) is 4.98 Å². The first-order chi connectivity index (χ1) is 10.5. The summed E-state index contributed by atoms with van der Waals surface area (Å²) in [5.74, 6) is 0.453. The van der Waals surface area contributed by atoms with E-state index < -0.39 is 4.92 Å². The second-order valence-electron chi connectivity index (χ2n) is 4.95. The van der Waals surface area contributed by atoms with Crippen molar-refractivity contribution in [1.29, 1.82) is 5.26 Å². The summed E-state index contributed by atoms with van der Waals surface area (Å²) in [4.78, 5) is 14.2. The highest BCUT2D eigenvalue weighted by Crippen LogP contribution is 2.24. The van der Waals surface area contributed by atoms with E-state index in [4.69, 9.17) is 5.26 Å². The average molecular weight is 296 g/mol.